The maximum atomic E-state index is 12.7. The Labute approximate surface area is 161 Å². The Morgan fingerprint density at radius 2 is 1.79 bits per heavy atom. The molecule has 3 rings (SSSR count). The number of para-hydroxylation sites is 1. The molecule has 0 aliphatic heterocycles. The lowest BCUT2D eigenvalue weighted by atomic mass is 9.96. The van der Waals surface area contributed by atoms with Gasteiger partial charge in [0.05, 0.1) is 12.3 Å². The molecule has 2 aromatic carbocycles. The quantitative estimate of drug-likeness (QED) is 0.651. The first-order valence-electron chi connectivity index (χ1n) is 8.72. The van der Waals surface area contributed by atoms with Gasteiger partial charge in [0.25, 0.3) is 5.91 Å². The fraction of sp³-hybridized carbons (Fsp3) is 0.190. The molecule has 0 aliphatic carbocycles. The van der Waals surface area contributed by atoms with Crippen LogP contribution in [0.2, 0.25) is 0 Å². The summed E-state index contributed by atoms with van der Waals surface area (Å²) in [5, 5.41) is 18.6. The molecule has 0 aliphatic rings. The highest BCUT2D eigenvalue weighted by Crippen LogP contribution is 2.26. The molecule has 28 heavy (non-hydrogen) atoms. The van der Waals surface area contributed by atoms with Crippen LogP contribution in [0.3, 0.4) is 0 Å². The van der Waals surface area contributed by atoms with Gasteiger partial charge in [-0.3, -0.25) is 9.59 Å². The van der Waals surface area contributed by atoms with Crippen molar-refractivity contribution in [3.8, 4) is 5.75 Å². The summed E-state index contributed by atoms with van der Waals surface area (Å²) in [5.74, 6) is -1.55. The topological polar surface area (TPSA) is 104 Å². The predicted molar refractivity (Wildman–Crippen MR) is 102 cm³/mol. The van der Waals surface area contributed by atoms with Crippen LogP contribution in [0.25, 0.3) is 0 Å². The Kier molecular flexibility index (Phi) is 5.74. The number of aliphatic carboxylic acids is 1. The number of aromatic nitrogens is 1. The van der Waals surface area contributed by atoms with Crippen LogP contribution in [0, 0.1) is 0 Å². The second-order valence-electron chi connectivity index (χ2n) is 6.44. The number of anilines is 1. The van der Waals surface area contributed by atoms with Crippen molar-refractivity contribution in [1.29, 1.82) is 0 Å². The van der Waals surface area contributed by atoms with Crippen LogP contribution >= 0.6 is 0 Å². The molecule has 1 atom stereocenters. The SMILES string of the molecule is CN(C(=O)c1coc(C(CC(=O)O)Cc2ccc(O)cc2)n1)c1ccccc1. The molecule has 0 saturated carbocycles. The van der Waals surface area contributed by atoms with Gasteiger partial charge in [0.2, 0.25) is 0 Å². The molecule has 1 unspecified atom stereocenters. The maximum Gasteiger partial charge on any atom is 0.304 e. The van der Waals surface area contributed by atoms with Crippen molar-refractivity contribution in [1.82, 2.24) is 4.98 Å². The van der Waals surface area contributed by atoms with Gasteiger partial charge in [-0.25, -0.2) is 4.98 Å². The van der Waals surface area contributed by atoms with Gasteiger partial charge >= 0.3 is 5.97 Å². The first-order chi connectivity index (χ1) is 13.4. The van der Waals surface area contributed by atoms with Crippen LogP contribution in [0.1, 0.15) is 34.3 Å². The first kappa shape index (κ1) is 19.2. The zero-order valence-electron chi connectivity index (χ0n) is 15.3. The average molecular weight is 380 g/mol. The van der Waals surface area contributed by atoms with E-state index in [9.17, 15) is 19.8 Å². The van der Waals surface area contributed by atoms with E-state index in [0.29, 0.717) is 12.1 Å². The highest BCUT2D eigenvalue weighted by atomic mass is 16.4. The minimum atomic E-state index is -0.990. The number of rotatable bonds is 7. The number of carbonyl (C=O) groups is 2. The minimum absolute atomic E-state index is 0.113. The lowest BCUT2D eigenvalue weighted by Gasteiger charge is -2.15. The number of hydrogen-bond acceptors (Lipinski definition) is 5. The van der Waals surface area contributed by atoms with Crippen LogP contribution in [-0.2, 0) is 11.2 Å². The van der Waals surface area contributed by atoms with Crippen LogP contribution in [-0.4, -0.2) is 34.1 Å². The molecule has 144 valence electrons. The highest BCUT2D eigenvalue weighted by Gasteiger charge is 2.24. The smallest absolute Gasteiger partial charge is 0.304 e. The molecule has 7 nitrogen and oxygen atoms in total. The minimum Gasteiger partial charge on any atom is -0.508 e. The number of oxazole rings is 1. The molecule has 0 radical (unpaired) electrons. The second-order valence-corrected chi connectivity index (χ2v) is 6.44. The van der Waals surface area contributed by atoms with Gasteiger partial charge < -0.3 is 19.5 Å². The maximum absolute atomic E-state index is 12.7. The standard InChI is InChI=1S/C21H20N2O5/c1-23(16-5-3-2-4-6-16)21(27)18-13-28-20(22-18)15(12-19(25)26)11-14-7-9-17(24)10-8-14/h2-10,13,15,24H,11-12H2,1H3,(H,25,26). The molecule has 0 spiro atoms. The summed E-state index contributed by atoms with van der Waals surface area (Å²) < 4.78 is 5.46. The summed E-state index contributed by atoms with van der Waals surface area (Å²) in [5.41, 5.74) is 1.65. The third-order valence-electron chi connectivity index (χ3n) is 4.38. The molecule has 7 heteroatoms. The van der Waals surface area contributed by atoms with Gasteiger partial charge in [0, 0.05) is 12.7 Å². The summed E-state index contributed by atoms with van der Waals surface area (Å²) in [4.78, 5) is 29.6. The van der Waals surface area contributed by atoms with Crippen molar-refractivity contribution in [3.05, 3.63) is 78.0 Å². The predicted octanol–water partition coefficient (Wildman–Crippen LogP) is 3.46. The molecular weight excluding hydrogens is 360 g/mol. The molecule has 0 bridgehead atoms. The van der Waals surface area contributed by atoms with E-state index in [0.717, 1.165) is 5.56 Å². The van der Waals surface area contributed by atoms with Crippen molar-refractivity contribution < 1.29 is 24.2 Å². The third-order valence-corrected chi connectivity index (χ3v) is 4.38. The van der Waals surface area contributed by atoms with E-state index in [1.807, 2.05) is 18.2 Å². The van der Waals surface area contributed by atoms with Gasteiger partial charge in [-0.05, 0) is 36.2 Å². The van der Waals surface area contributed by atoms with E-state index in [1.54, 1.807) is 31.3 Å². The number of amides is 1. The number of hydrogen-bond donors (Lipinski definition) is 2. The third kappa shape index (κ3) is 4.56. The Morgan fingerprint density at radius 1 is 1.11 bits per heavy atom. The summed E-state index contributed by atoms with van der Waals surface area (Å²) >= 11 is 0. The zero-order chi connectivity index (χ0) is 20.1. The average Bonchev–Trinajstić information content (AvgIpc) is 3.18. The molecule has 3 aromatic rings. The number of carboxylic acids is 1. The van der Waals surface area contributed by atoms with Gasteiger partial charge in [0.15, 0.2) is 11.6 Å². The summed E-state index contributed by atoms with van der Waals surface area (Å²) in [7, 11) is 1.64. The molecular formula is C21H20N2O5. The Morgan fingerprint density at radius 3 is 2.43 bits per heavy atom. The van der Waals surface area contributed by atoms with Gasteiger partial charge in [-0.15, -0.1) is 0 Å². The van der Waals surface area contributed by atoms with Gasteiger partial charge in [-0.2, -0.15) is 0 Å². The summed E-state index contributed by atoms with van der Waals surface area (Å²) in [6, 6.07) is 15.6. The van der Waals surface area contributed by atoms with Crippen LogP contribution < -0.4 is 4.90 Å². The van der Waals surface area contributed by atoms with Crippen LogP contribution in [0.15, 0.2) is 65.3 Å². The number of carboxylic acid groups (broad SMARTS) is 1. The number of nitrogens with zero attached hydrogens (tertiary/aromatic N) is 2. The number of phenolic OH excluding ortho intramolecular Hbond substituents is 1. The van der Waals surface area contributed by atoms with Crippen molar-refractivity contribution in [2.24, 2.45) is 0 Å². The molecule has 2 N–H and O–H groups in total. The van der Waals surface area contributed by atoms with E-state index in [4.69, 9.17) is 4.42 Å². The number of carbonyl (C=O) groups excluding carboxylic acids is 1. The van der Waals surface area contributed by atoms with Crippen molar-refractivity contribution >= 4 is 17.6 Å². The van der Waals surface area contributed by atoms with Crippen molar-refractivity contribution in [2.45, 2.75) is 18.8 Å². The van der Waals surface area contributed by atoms with Crippen molar-refractivity contribution in [2.75, 3.05) is 11.9 Å². The van der Waals surface area contributed by atoms with Crippen LogP contribution in [0.4, 0.5) is 5.69 Å². The highest BCUT2D eigenvalue weighted by molar-refractivity contribution is 6.04. The van der Waals surface area contributed by atoms with Gasteiger partial charge in [0.1, 0.15) is 12.0 Å². The van der Waals surface area contributed by atoms with E-state index >= 15 is 0 Å². The van der Waals surface area contributed by atoms with Gasteiger partial charge in [-0.1, -0.05) is 30.3 Å². The lowest BCUT2D eigenvalue weighted by molar-refractivity contribution is -0.137. The molecule has 0 fully saturated rings. The van der Waals surface area contributed by atoms with E-state index in [1.165, 1.54) is 23.3 Å². The Hall–Kier alpha value is -3.61. The Balaban J connectivity index is 1.80. The zero-order valence-corrected chi connectivity index (χ0v) is 15.3. The fourth-order valence-electron chi connectivity index (χ4n) is 2.89. The van der Waals surface area contributed by atoms with Crippen molar-refractivity contribution in [3.63, 3.8) is 0 Å². The Bertz CT molecular complexity index is 950. The second kappa shape index (κ2) is 8.39. The summed E-state index contributed by atoms with van der Waals surface area (Å²) in [6.45, 7) is 0. The van der Waals surface area contributed by atoms with E-state index in [2.05, 4.69) is 4.98 Å². The molecule has 0 saturated heterocycles. The first-order valence-corrected chi connectivity index (χ1v) is 8.72. The lowest BCUT2D eigenvalue weighted by Crippen LogP contribution is -2.26. The summed E-state index contributed by atoms with van der Waals surface area (Å²) in [6.07, 6.45) is 1.42. The van der Waals surface area contributed by atoms with E-state index in [-0.39, 0.29) is 29.7 Å². The molecule has 1 heterocycles. The normalized spacial score (nSPS) is 11.8. The molecule has 1 aromatic heterocycles. The monoisotopic (exact) mass is 380 g/mol. The van der Waals surface area contributed by atoms with E-state index < -0.39 is 11.9 Å². The molecule has 1 amide bonds. The number of aromatic hydroxyl groups is 1. The number of benzene rings is 2. The number of phenols is 1. The largest absolute Gasteiger partial charge is 0.508 e. The van der Waals surface area contributed by atoms with Crippen LogP contribution in [0.5, 0.6) is 5.75 Å². The fourth-order valence-corrected chi connectivity index (χ4v) is 2.89.